The molecule has 0 bridgehead atoms. The molecule has 98 valence electrons. The van der Waals surface area contributed by atoms with Crippen LogP contribution in [-0.2, 0) is 4.79 Å². The first kappa shape index (κ1) is 13.0. The standard InChI is InChI=1S/C14H15N3O2/c1-10(18)15-7-8-17-14(19)12-5-4-11-3-2-6-16-13(11)9-12/h2-6,9H,7-8H2,1H3,(H,15,18)(H,17,19). The van der Waals surface area contributed by atoms with Gasteiger partial charge in [0.1, 0.15) is 0 Å². The average molecular weight is 257 g/mol. The molecule has 1 heterocycles. The predicted octanol–water partition coefficient (Wildman–Crippen LogP) is 1.10. The van der Waals surface area contributed by atoms with Crippen molar-refractivity contribution in [1.29, 1.82) is 0 Å². The zero-order valence-electron chi connectivity index (χ0n) is 10.6. The first-order chi connectivity index (χ1) is 9.16. The summed E-state index contributed by atoms with van der Waals surface area (Å²) in [7, 11) is 0. The third-order valence-electron chi connectivity index (χ3n) is 2.65. The number of pyridine rings is 1. The van der Waals surface area contributed by atoms with Crippen molar-refractivity contribution in [3.63, 3.8) is 0 Å². The second-order valence-electron chi connectivity index (χ2n) is 4.15. The smallest absolute Gasteiger partial charge is 0.251 e. The van der Waals surface area contributed by atoms with Gasteiger partial charge >= 0.3 is 0 Å². The van der Waals surface area contributed by atoms with E-state index in [4.69, 9.17) is 0 Å². The van der Waals surface area contributed by atoms with Gasteiger partial charge in [0, 0.05) is 37.2 Å². The second kappa shape index (κ2) is 5.95. The molecular formula is C14H15N3O2. The van der Waals surface area contributed by atoms with Crippen LogP contribution < -0.4 is 10.6 Å². The number of hydrogen-bond donors (Lipinski definition) is 2. The Morgan fingerprint density at radius 3 is 2.74 bits per heavy atom. The van der Waals surface area contributed by atoms with Crippen molar-refractivity contribution in [2.24, 2.45) is 0 Å². The zero-order chi connectivity index (χ0) is 13.7. The number of nitrogens with one attached hydrogen (secondary N) is 2. The van der Waals surface area contributed by atoms with Gasteiger partial charge in [-0.3, -0.25) is 14.6 Å². The van der Waals surface area contributed by atoms with Gasteiger partial charge in [-0.2, -0.15) is 0 Å². The summed E-state index contributed by atoms with van der Waals surface area (Å²) in [6.45, 7) is 2.27. The van der Waals surface area contributed by atoms with Gasteiger partial charge in [-0.05, 0) is 18.2 Å². The lowest BCUT2D eigenvalue weighted by molar-refractivity contribution is -0.118. The number of rotatable bonds is 4. The maximum Gasteiger partial charge on any atom is 0.251 e. The topological polar surface area (TPSA) is 71.1 Å². The maximum atomic E-state index is 11.9. The Morgan fingerprint density at radius 1 is 1.16 bits per heavy atom. The van der Waals surface area contributed by atoms with E-state index in [0.717, 1.165) is 10.9 Å². The molecule has 19 heavy (non-hydrogen) atoms. The molecule has 2 amide bonds. The minimum absolute atomic E-state index is 0.107. The number of fused-ring (bicyclic) bond motifs is 1. The van der Waals surface area contributed by atoms with E-state index in [1.807, 2.05) is 18.2 Å². The Labute approximate surface area is 111 Å². The van der Waals surface area contributed by atoms with Crippen molar-refractivity contribution < 1.29 is 9.59 Å². The summed E-state index contributed by atoms with van der Waals surface area (Å²) in [5, 5.41) is 6.35. The quantitative estimate of drug-likeness (QED) is 0.806. The molecule has 5 nitrogen and oxygen atoms in total. The van der Waals surface area contributed by atoms with Crippen LogP contribution in [-0.4, -0.2) is 29.9 Å². The summed E-state index contributed by atoms with van der Waals surface area (Å²) >= 11 is 0. The van der Waals surface area contributed by atoms with Crippen molar-refractivity contribution in [3.05, 3.63) is 42.1 Å². The summed E-state index contributed by atoms with van der Waals surface area (Å²) in [5.74, 6) is -0.276. The highest BCUT2D eigenvalue weighted by atomic mass is 16.2. The summed E-state index contributed by atoms with van der Waals surface area (Å²) in [6.07, 6.45) is 1.70. The Balaban J connectivity index is 1.99. The number of carbonyl (C=O) groups is 2. The number of hydrogen-bond acceptors (Lipinski definition) is 3. The molecule has 0 atom stereocenters. The highest BCUT2D eigenvalue weighted by molar-refractivity contribution is 5.97. The molecule has 2 rings (SSSR count). The van der Waals surface area contributed by atoms with Crippen LogP contribution in [0.1, 0.15) is 17.3 Å². The van der Waals surface area contributed by atoms with Crippen molar-refractivity contribution in [3.8, 4) is 0 Å². The number of nitrogens with zero attached hydrogens (tertiary/aromatic N) is 1. The molecular weight excluding hydrogens is 242 g/mol. The summed E-state index contributed by atoms with van der Waals surface area (Å²) < 4.78 is 0. The van der Waals surface area contributed by atoms with Crippen LogP contribution >= 0.6 is 0 Å². The lowest BCUT2D eigenvalue weighted by atomic mass is 10.1. The predicted molar refractivity (Wildman–Crippen MR) is 72.8 cm³/mol. The molecule has 2 aromatic rings. The minimum atomic E-state index is -0.169. The van der Waals surface area contributed by atoms with Crippen LogP contribution in [0.4, 0.5) is 0 Å². The monoisotopic (exact) mass is 257 g/mol. The molecule has 0 unspecified atom stereocenters. The number of carbonyl (C=O) groups excluding carboxylic acids is 2. The largest absolute Gasteiger partial charge is 0.355 e. The Kier molecular flexibility index (Phi) is 4.07. The molecule has 0 aliphatic carbocycles. The zero-order valence-corrected chi connectivity index (χ0v) is 10.6. The van der Waals surface area contributed by atoms with E-state index >= 15 is 0 Å². The van der Waals surface area contributed by atoms with E-state index in [-0.39, 0.29) is 11.8 Å². The Bertz CT molecular complexity index is 610. The number of amides is 2. The lowest BCUT2D eigenvalue weighted by Crippen LogP contribution is -2.33. The molecule has 1 aromatic carbocycles. The van der Waals surface area contributed by atoms with Gasteiger partial charge in [0.25, 0.3) is 5.91 Å². The molecule has 0 spiro atoms. The number of aromatic nitrogens is 1. The lowest BCUT2D eigenvalue weighted by Gasteiger charge is -2.06. The van der Waals surface area contributed by atoms with E-state index in [1.165, 1.54) is 6.92 Å². The van der Waals surface area contributed by atoms with Gasteiger partial charge in [-0.25, -0.2) is 0 Å². The molecule has 0 radical (unpaired) electrons. The van der Waals surface area contributed by atoms with Crippen molar-refractivity contribution >= 4 is 22.7 Å². The third kappa shape index (κ3) is 3.51. The fourth-order valence-electron chi connectivity index (χ4n) is 1.72. The van der Waals surface area contributed by atoms with E-state index in [0.29, 0.717) is 18.7 Å². The normalized spacial score (nSPS) is 10.2. The molecule has 1 aromatic heterocycles. The Hall–Kier alpha value is -2.43. The van der Waals surface area contributed by atoms with E-state index in [1.54, 1.807) is 18.3 Å². The van der Waals surface area contributed by atoms with E-state index in [2.05, 4.69) is 15.6 Å². The number of benzene rings is 1. The molecule has 0 aliphatic rings. The molecule has 2 N–H and O–H groups in total. The van der Waals surface area contributed by atoms with Crippen molar-refractivity contribution in [2.75, 3.05) is 13.1 Å². The first-order valence-electron chi connectivity index (χ1n) is 6.04. The minimum Gasteiger partial charge on any atom is -0.355 e. The van der Waals surface area contributed by atoms with Crippen LogP contribution in [0.15, 0.2) is 36.5 Å². The van der Waals surface area contributed by atoms with Gasteiger partial charge in [0.05, 0.1) is 5.52 Å². The van der Waals surface area contributed by atoms with E-state index in [9.17, 15) is 9.59 Å². The van der Waals surface area contributed by atoms with Gasteiger partial charge in [-0.15, -0.1) is 0 Å². The fourth-order valence-corrected chi connectivity index (χ4v) is 1.72. The summed E-state index contributed by atoms with van der Waals surface area (Å²) in [4.78, 5) is 26.8. The van der Waals surface area contributed by atoms with E-state index < -0.39 is 0 Å². The third-order valence-corrected chi connectivity index (χ3v) is 2.65. The van der Waals surface area contributed by atoms with Gasteiger partial charge < -0.3 is 10.6 Å². The van der Waals surface area contributed by atoms with Crippen LogP contribution in [0.25, 0.3) is 10.9 Å². The Morgan fingerprint density at radius 2 is 1.95 bits per heavy atom. The highest BCUT2D eigenvalue weighted by Crippen LogP contribution is 2.12. The molecule has 0 saturated heterocycles. The average Bonchev–Trinajstić information content (AvgIpc) is 2.42. The fraction of sp³-hybridized carbons (Fsp3) is 0.214. The summed E-state index contributed by atoms with van der Waals surface area (Å²) in [5.41, 5.74) is 1.35. The molecule has 0 saturated carbocycles. The second-order valence-corrected chi connectivity index (χ2v) is 4.15. The van der Waals surface area contributed by atoms with Gasteiger partial charge in [0.2, 0.25) is 5.91 Å². The molecule has 0 fully saturated rings. The summed E-state index contributed by atoms with van der Waals surface area (Å²) in [6, 6.07) is 9.18. The van der Waals surface area contributed by atoms with Gasteiger partial charge in [-0.1, -0.05) is 12.1 Å². The van der Waals surface area contributed by atoms with Gasteiger partial charge in [0.15, 0.2) is 0 Å². The van der Waals surface area contributed by atoms with Crippen LogP contribution in [0.3, 0.4) is 0 Å². The van der Waals surface area contributed by atoms with Crippen molar-refractivity contribution in [1.82, 2.24) is 15.6 Å². The van der Waals surface area contributed by atoms with Crippen LogP contribution in [0, 0.1) is 0 Å². The van der Waals surface area contributed by atoms with Crippen LogP contribution in [0.2, 0.25) is 0 Å². The molecule has 0 aliphatic heterocycles. The first-order valence-corrected chi connectivity index (χ1v) is 6.04. The van der Waals surface area contributed by atoms with Crippen molar-refractivity contribution in [2.45, 2.75) is 6.92 Å². The maximum absolute atomic E-state index is 11.9. The van der Waals surface area contributed by atoms with Crippen LogP contribution in [0.5, 0.6) is 0 Å². The SMILES string of the molecule is CC(=O)NCCNC(=O)c1ccc2cccnc2c1. The molecule has 5 heteroatoms. The highest BCUT2D eigenvalue weighted by Gasteiger charge is 2.05.